The summed E-state index contributed by atoms with van der Waals surface area (Å²) < 4.78 is 43.2. The quantitative estimate of drug-likeness (QED) is 0.904. The molecule has 1 aliphatic rings. The molecule has 1 aromatic rings. The maximum absolute atomic E-state index is 12.7. The van der Waals surface area contributed by atoms with Gasteiger partial charge in [0.15, 0.2) is 0 Å². The van der Waals surface area contributed by atoms with Gasteiger partial charge in [0.25, 0.3) is 0 Å². The fourth-order valence-corrected chi connectivity index (χ4v) is 1.94. The van der Waals surface area contributed by atoms with Crippen LogP contribution in [0.15, 0.2) is 12.1 Å². The molecule has 0 saturated carbocycles. The number of carboxylic acid groups (broad SMARTS) is 1. The van der Waals surface area contributed by atoms with Crippen LogP contribution in [0.5, 0.6) is 5.88 Å². The molecule has 0 spiro atoms. The smallest absolute Gasteiger partial charge is 0.433 e. The monoisotopic (exact) mass is 301 g/mol. The Morgan fingerprint density at radius 1 is 1.52 bits per heavy atom. The van der Waals surface area contributed by atoms with Crippen molar-refractivity contribution >= 4 is 6.09 Å². The van der Waals surface area contributed by atoms with Crippen LogP contribution in [-0.2, 0) is 6.18 Å². The molecule has 0 aliphatic carbocycles. The molecule has 1 atom stereocenters. The summed E-state index contributed by atoms with van der Waals surface area (Å²) in [4.78, 5) is 15.2. The highest BCUT2D eigenvalue weighted by Gasteiger charge is 2.34. The van der Waals surface area contributed by atoms with Crippen LogP contribution in [0.4, 0.5) is 18.0 Å². The Bertz CT molecular complexity index is 598. The zero-order valence-corrected chi connectivity index (χ0v) is 10.6. The van der Waals surface area contributed by atoms with E-state index >= 15 is 0 Å². The van der Waals surface area contributed by atoms with E-state index < -0.39 is 24.1 Å². The van der Waals surface area contributed by atoms with E-state index in [4.69, 9.17) is 15.1 Å². The lowest BCUT2D eigenvalue weighted by Crippen LogP contribution is -2.29. The molecule has 0 radical (unpaired) electrons. The number of hydrogen-bond donors (Lipinski definition) is 1. The van der Waals surface area contributed by atoms with E-state index in [1.54, 1.807) is 6.07 Å². The highest BCUT2D eigenvalue weighted by molar-refractivity contribution is 5.65. The van der Waals surface area contributed by atoms with Gasteiger partial charge < -0.3 is 14.7 Å². The molecule has 2 rings (SSSR count). The molecule has 0 bridgehead atoms. The lowest BCUT2D eigenvalue weighted by molar-refractivity contribution is -0.141. The lowest BCUT2D eigenvalue weighted by atomic mass is 10.2. The van der Waals surface area contributed by atoms with E-state index in [0.29, 0.717) is 12.5 Å². The first-order valence-corrected chi connectivity index (χ1v) is 5.93. The van der Waals surface area contributed by atoms with Crippen molar-refractivity contribution in [3.05, 3.63) is 23.4 Å². The minimum atomic E-state index is -4.69. The van der Waals surface area contributed by atoms with Crippen LogP contribution in [0.3, 0.4) is 0 Å². The summed E-state index contributed by atoms with van der Waals surface area (Å²) >= 11 is 0. The number of likely N-dealkylation sites (tertiary alicyclic amines) is 1. The van der Waals surface area contributed by atoms with E-state index in [-0.39, 0.29) is 24.5 Å². The van der Waals surface area contributed by atoms with Crippen molar-refractivity contribution in [2.75, 3.05) is 13.1 Å². The Morgan fingerprint density at radius 3 is 2.76 bits per heavy atom. The SMILES string of the molecule is N#Cc1cc(OC2CCN(C(=O)O)C2)nc(C(F)(F)F)c1. The Morgan fingerprint density at radius 2 is 2.24 bits per heavy atom. The topological polar surface area (TPSA) is 86.5 Å². The summed E-state index contributed by atoms with van der Waals surface area (Å²) in [5, 5.41) is 17.5. The largest absolute Gasteiger partial charge is 0.472 e. The van der Waals surface area contributed by atoms with Crippen molar-refractivity contribution in [1.29, 1.82) is 5.26 Å². The molecule has 1 amide bonds. The maximum Gasteiger partial charge on any atom is 0.433 e. The van der Waals surface area contributed by atoms with Crippen molar-refractivity contribution in [3.63, 3.8) is 0 Å². The number of nitriles is 1. The maximum atomic E-state index is 12.7. The number of pyridine rings is 1. The zero-order chi connectivity index (χ0) is 15.6. The summed E-state index contributed by atoms with van der Waals surface area (Å²) in [5.41, 5.74) is -1.44. The van der Waals surface area contributed by atoms with Crippen molar-refractivity contribution in [1.82, 2.24) is 9.88 Å². The molecule has 1 saturated heterocycles. The van der Waals surface area contributed by atoms with Gasteiger partial charge in [0.05, 0.1) is 18.2 Å². The van der Waals surface area contributed by atoms with Gasteiger partial charge >= 0.3 is 12.3 Å². The average Bonchev–Trinajstić information content (AvgIpc) is 2.86. The van der Waals surface area contributed by atoms with E-state index in [9.17, 15) is 18.0 Å². The number of aromatic nitrogens is 1. The summed E-state index contributed by atoms with van der Waals surface area (Å²) in [6, 6.07) is 3.33. The second-order valence-electron chi connectivity index (χ2n) is 4.45. The third kappa shape index (κ3) is 3.53. The predicted molar refractivity (Wildman–Crippen MR) is 62.6 cm³/mol. The standard InChI is InChI=1S/C12H10F3N3O3/c13-12(14,15)9-3-7(5-16)4-10(17-9)21-8-1-2-18(6-8)11(19)20/h3-4,8H,1-2,6H2,(H,19,20). The third-order valence-corrected chi connectivity index (χ3v) is 2.92. The molecule has 0 aromatic carbocycles. The third-order valence-electron chi connectivity index (χ3n) is 2.92. The first kappa shape index (κ1) is 14.9. The molecular weight excluding hydrogens is 291 g/mol. The van der Waals surface area contributed by atoms with Crippen molar-refractivity contribution in [2.45, 2.75) is 18.7 Å². The van der Waals surface area contributed by atoms with Gasteiger partial charge in [-0.05, 0) is 6.07 Å². The van der Waals surface area contributed by atoms with Crippen LogP contribution in [-0.4, -0.2) is 40.3 Å². The van der Waals surface area contributed by atoms with Crippen LogP contribution in [0.1, 0.15) is 17.7 Å². The minimum absolute atomic E-state index is 0.0507. The summed E-state index contributed by atoms with van der Waals surface area (Å²) in [5.74, 6) is -0.335. The number of halogens is 3. The van der Waals surface area contributed by atoms with E-state index in [0.717, 1.165) is 11.0 Å². The molecular formula is C12H10F3N3O3. The molecule has 1 aliphatic heterocycles. The molecule has 6 nitrogen and oxygen atoms in total. The van der Waals surface area contributed by atoms with Crippen molar-refractivity contribution < 1.29 is 27.8 Å². The molecule has 21 heavy (non-hydrogen) atoms. The van der Waals surface area contributed by atoms with Crippen molar-refractivity contribution in [3.8, 4) is 11.9 Å². The Balaban J connectivity index is 2.17. The summed E-state index contributed by atoms with van der Waals surface area (Å²) in [6.45, 7) is 0.291. The number of hydrogen-bond acceptors (Lipinski definition) is 4. The number of rotatable bonds is 2. The van der Waals surface area contributed by atoms with Gasteiger partial charge in [0.2, 0.25) is 5.88 Å². The summed E-state index contributed by atoms with van der Waals surface area (Å²) in [7, 11) is 0. The molecule has 9 heteroatoms. The Kier molecular flexibility index (Phi) is 3.88. The van der Waals surface area contributed by atoms with Gasteiger partial charge in [0.1, 0.15) is 11.8 Å². The van der Waals surface area contributed by atoms with Crippen LogP contribution < -0.4 is 4.74 Å². The van der Waals surface area contributed by atoms with E-state index in [1.165, 1.54) is 0 Å². The molecule has 112 valence electrons. The highest BCUT2D eigenvalue weighted by atomic mass is 19.4. The minimum Gasteiger partial charge on any atom is -0.472 e. The first-order chi connectivity index (χ1) is 9.79. The van der Waals surface area contributed by atoms with Crippen LogP contribution >= 0.6 is 0 Å². The average molecular weight is 301 g/mol. The molecule has 1 unspecified atom stereocenters. The molecule has 1 aromatic heterocycles. The van der Waals surface area contributed by atoms with Gasteiger partial charge in [-0.1, -0.05) is 0 Å². The van der Waals surface area contributed by atoms with E-state index in [1.807, 2.05) is 0 Å². The number of amides is 1. The normalized spacial score (nSPS) is 18.4. The number of nitrogens with zero attached hydrogens (tertiary/aromatic N) is 3. The van der Waals surface area contributed by atoms with Gasteiger partial charge in [0, 0.05) is 19.0 Å². The van der Waals surface area contributed by atoms with Crippen LogP contribution in [0.25, 0.3) is 0 Å². The van der Waals surface area contributed by atoms with Crippen LogP contribution in [0, 0.1) is 11.3 Å². The lowest BCUT2D eigenvalue weighted by Gasteiger charge is -2.15. The van der Waals surface area contributed by atoms with E-state index in [2.05, 4.69) is 4.98 Å². The summed E-state index contributed by atoms with van der Waals surface area (Å²) in [6.07, 6.45) is -6.03. The van der Waals surface area contributed by atoms with Crippen molar-refractivity contribution in [2.24, 2.45) is 0 Å². The highest BCUT2D eigenvalue weighted by Crippen LogP contribution is 2.30. The molecule has 2 heterocycles. The second kappa shape index (κ2) is 5.47. The number of alkyl halides is 3. The molecule has 1 fully saturated rings. The van der Waals surface area contributed by atoms with Gasteiger partial charge in [-0.15, -0.1) is 0 Å². The van der Waals surface area contributed by atoms with Crippen LogP contribution in [0.2, 0.25) is 0 Å². The van der Waals surface area contributed by atoms with Gasteiger partial charge in [-0.25, -0.2) is 9.78 Å². The number of ether oxygens (including phenoxy) is 1. The predicted octanol–water partition coefficient (Wildman–Crippen LogP) is 2.10. The number of carbonyl (C=O) groups is 1. The Hall–Kier alpha value is -2.50. The molecule has 1 N–H and O–H groups in total. The zero-order valence-electron chi connectivity index (χ0n) is 10.6. The fourth-order valence-electron chi connectivity index (χ4n) is 1.94. The van der Waals surface area contributed by atoms with Gasteiger partial charge in [-0.3, -0.25) is 0 Å². The fraction of sp³-hybridized carbons (Fsp3) is 0.417. The van der Waals surface area contributed by atoms with Gasteiger partial charge in [-0.2, -0.15) is 18.4 Å². The second-order valence-corrected chi connectivity index (χ2v) is 4.45. The first-order valence-electron chi connectivity index (χ1n) is 5.93. The Labute approximate surface area is 117 Å².